The first-order chi connectivity index (χ1) is 7.33. The summed E-state index contributed by atoms with van der Waals surface area (Å²) in [4.78, 5) is 1.21. The maximum absolute atomic E-state index is 6.16. The molecule has 0 aliphatic carbocycles. The van der Waals surface area contributed by atoms with E-state index >= 15 is 0 Å². The van der Waals surface area contributed by atoms with Crippen LogP contribution in [0.25, 0.3) is 0 Å². The van der Waals surface area contributed by atoms with Crippen LogP contribution in [0.5, 0.6) is 0 Å². The molecule has 0 fully saturated rings. The lowest BCUT2D eigenvalue weighted by atomic mass is 10.1. The molecule has 1 atom stereocenters. The van der Waals surface area contributed by atoms with Gasteiger partial charge in [-0.25, -0.2) is 0 Å². The Balaban J connectivity index is 2.32. The van der Waals surface area contributed by atoms with Gasteiger partial charge in [0, 0.05) is 4.88 Å². The van der Waals surface area contributed by atoms with Crippen LogP contribution >= 0.6 is 34.3 Å². The summed E-state index contributed by atoms with van der Waals surface area (Å²) in [5, 5.41) is 10.6. The third-order valence-corrected chi connectivity index (χ3v) is 4.32. The Bertz CT molecular complexity index is 408. The Morgan fingerprint density at radius 2 is 2.27 bits per heavy atom. The molecule has 2 aromatic rings. The molecule has 0 saturated heterocycles. The lowest BCUT2D eigenvalue weighted by Gasteiger charge is -2.15. The highest BCUT2D eigenvalue weighted by Crippen LogP contribution is 2.33. The molecule has 4 heteroatoms. The van der Waals surface area contributed by atoms with Gasteiger partial charge in [0.2, 0.25) is 0 Å². The zero-order valence-corrected chi connectivity index (χ0v) is 10.8. The predicted molar refractivity (Wildman–Crippen MR) is 69.2 cm³/mol. The molecule has 1 unspecified atom stereocenters. The fraction of sp³-hybridized carbons (Fsp3) is 0.273. The zero-order chi connectivity index (χ0) is 10.7. The van der Waals surface area contributed by atoms with E-state index in [1.165, 1.54) is 10.4 Å². The van der Waals surface area contributed by atoms with E-state index < -0.39 is 0 Å². The average Bonchev–Trinajstić information content (AvgIpc) is 2.85. The lowest BCUT2D eigenvalue weighted by Crippen LogP contribution is -2.20. The maximum Gasteiger partial charge on any atom is 0.0694 e. The maximum atomic E-state index is 6.16. The molecule has 1 N–H and O–H groups in total. The van der Waals surface area contributed by atoms with Crippen LogP contribution in [0.4, 0.5) is 0 Å². The SMILES string of the molecule is CCNC(c1ccsc1)c1sccc1Cl. The minimum absolute atomic E-state index is 0.244. The minimum Gasteiger partial charge on any atom is -0.306 e. The average molecular weight is 258 g/mol. The van der Waals surface area contributed by atoms with Gasteiger partial charge in [-0.15, -0.1) is 11.3 Å². The van der Waals surface area contributed by atoms with Gasteiger partial charge in [0.1, 0.15) is 0 Å². The summed E-state index contributed by atoms with van der Waals surface area (Å²) in [6, 6.07) is 4.35. The van der Waals surface area contributed by atoms with Crippen molar-refractivity contribution in [1.29, 1.82) is 0 Å². The highest BCUT2D eigenvalue weighted by Gasteiger charge is 2.17. The van der Waals surface area contributed by atoms with E-state index in [-0.39, 0.29) is 6.04 Å². The number of hydrogen-bond acceptors (Lipinski definition) is 3. The molecule has 2 heterocycles. The van der Waals surface area contributed by atoms with Crippen LogP contribution < -0.4 is 5.32 Å². The molecule has 1 nitrogen and oxygen atoms in total. The van der Waals surface area contributed by atoms with Gasteiger partial charge in [0.15, 0.2) is 0 Å². The van der Waals surface area contributed by atoms with E-state index in [2.05, 4.69) is 29.1 Å². The molecule has 2 rings (SSSR count). The van der Waals surface area contributed by atoms with Crippen molar-refractivity contribution in [1.82, 2.24) is 5.32 Å². The molecule has 0 bridgehead atoms. The minimum atomic E-state index is 0.244. The summed E-state index contributed by atoms with van der Waals surface area (Å²) in [5.41, 5.74) is 1.30. The van der Waals surface area contributed by atoms with Gasteiger partial charge in [-0.2, -0.15) is 11.3 Å². The molecule has 15 heavy (non-hydrogen) atoms. The third kappa shape index (κ3) is 2.42. The van der Waals surface area contributed by atoms with Crippen molar-refractivity contribution in [3.05, 3.63) is 43.7 Å². The Hall–Kier alpha value is -0.350. The Morgan fingerprint density at radius 3 is 2.80 bits per heavy atom. The van der Waals surface area contributed by atoms with Crippen molar-refractivity contribution in [3.8, 4) is 0 Å². The summed E-state index contributed by atoms with van der Waals surface area (Å²) in [7, 11) is 0. The molecule has 0 aromatic carbocycles. The standard InChI is InChI=1S/C11H12ClNS2/c1-2-13-10(8-3-5-14-7-8)11-9(12)4-6-15-11/h3-7,10,13H,2H2,1H3. The van der Waals surface area contributed by atoms with Gasteiger partial charge in [-0.1, -0.05) is 18.5 Å². The molecule has 0 radical (unpaired) electrons. The highest BCUT2D eigenvalue weighted by molar-refractivity contribution is 7.10. The van der Waals surface area contributed by atoms with Gasteiger partial charge < -0.3 is 5.32 Å². The quantitative estimate of drug-likeness (QED) is 0.867. The third-order valence-electron chi connectivity index (χ3n) is 2.19. The van der Waals surface area contributed by atoms with Crippen molar-refractivity contribution < 1.29 is 0 Å². The van der Waals surface area contributed by atoms with Gasteiger partial charge in [-0.3, -0.25) is 0 Å². The fourth-order valence-electron chi connectivity index (χ4n) is 1.52. The van der Waals surface area contributed by atoms with E-state index in [4.69, 9.17) is 11.6 Å². The number of thiophene rings is 2. The van der Waals surface area contributed by atoms with Crippen molar-refractivity contribution in [2.45, 2.75) is 13.0 Å². The summed E-state index contributed by atoms with van der Waals surface area (Å²) in [6.45, 7) is 3.05. The Kier molecular flexibility index (Phi) is 3.81. The van der Waals surface area contributed by atoms with Crippen LogP contribution in [0, 0.1) is 0 Å². The van der Waals surface area contributed by atoms with E-state index in [9.17, 15) is 0 Å². The normalized spacial score (nSPS) is 12.9. The fourth-order valence-corrected chi connectivity index (χ4v) is 3.47. The molecule has 0 aliphatic heterocycles. The van der Waals surface area contributed by atoms with Crippen molar-refractivity contribution in [2.24, 2.45) is 0 Å². The Labute approximate surface area is 103 Å². The van der Waals surface area contributed by atoms with Crippen molar-refractivity contribution in [2.75, 3.05) is 6.54 Å². The summed E-state index contributed by atoms with van der Waals surface area (Å²) in [6.07, 6.45) is 0. The molecule has 0 saturated carbocycles. The van der Waals surface area contributed by atoms with Crippen LogP contribution in [-0.4, -0.2) is 6.54 Å². The summed E-state index contributed by atoms with van der Waals surface area (Å²) in [5.74, 6) is 0. The van der Waals surface area contributed by atoms with Crippen LogP contribution in [0.1, 0.15) is 23.4 Å². The number of hydrogen-bond donors (Lipinski definition) is 1. The largest absolute Gasteiger partial charge is 0.306 e. The first-order valence-corrected chi connectivity index (χ1v) is 7.01. The number of halogens is 1. The topological polar surface area (TPSA) is 12.0 Å². The predicted octanol–water partition coefficient (Wildman–Crippen LogP) is 4.16. The summed E-state index contributed by atoms with van der Waals surface area (Å²) >= 11 is 9.59. The molecule has 0 spiro atoms. The highest BCUT2D eigenvalue weighted by atomic mass is 35.5. The van der Waals surface area contributed by atoms with Crippen LogP contribution in [0.15, 0.2) is 28.3 Å². The van der Waals surface area contributed by atoms with Gasteiger partial charge in [-0.05, 0) is 40.4 Å². The molecular weight excluding hydrogens is 246 g/mol. The van der Waals surface area contributed by atoms with E-state index in [1.807, 2.05) is 11.4 Å². The Morgan fingerprint density at radius 1 is 1.40 bits per heavy atom. The first-order valence-electron chi connectivity index (χ1n) is 4.81. The van der Waals surface area contributed by atoms with Crippen LogP contribution in [0.3, 0.4) is 0 Å². The van der Waals surface area contributed by atoms with E-state index in [1.54, 1.807) is 22.7 Å². The number of nitrogens with one attached hydrogen (secondary N) is 1. The van der Waals surface area contributed by atoms with Crippen LogP contribution in [0.2, 0.25) is 5.02 Å². The molecule has 0 amide bonds. The second kappa shape index (κ2) is 5.12. The number of rotatable bonds is 4. The van der Waals surface area contributed by atoms with Crippen LogP contribution in [-0.2, 0) is 0 Å². The van der Waals surface area contributed by atoms with Gasteiger partial charge in [0.05, 0.1) is 11.1 Å². The van der Waals surface area contributed by atoms with E-state index in [0.29, 0.717) is 0 Å². The smallest absolute Gasteiger partial charge is 0.0694 e. The monoisotopic (exact) mass is 257 g/mol. The molecule has 80 valence electrons. The zero-order valence-electron chi connectivity index (χ0n) is 8.37. The molecule has 2 aromatic heterocycles. The summed E-state index contributed by atoms with van der Waals surface area (Å²) < 4.78 is 0. The van der Waals surface area contributed by atoms with Gasteiger partial charge >= 0.3 is 0 Å². The van der Waals surface area contributed by atoms with Crippen molar-refractivity contribution >= 4 is 34.3 Å². The van der Waals surface area contributed by atoms with Crippen molar-refractivity contribution in [3.63, 3.8) is 0 Å². The van der Waals surface area contributed by atoms with E-state index in [0.717, 1.165) is 11.6 Å². The second-order valence-corrected chi connectivity index (χ2v) is 5.32. The molecule has 0 aliphatic rings. The second-order valence-electron chi connectivity index (χ2n) is 3.18. The van der Waals surface area contributed by atoms with Gasteiger partial charge in [0.25, 0.3) is 0 Å². The first kappa shape index (κ1) is 11.1. The lowest BCUT2D eigenvalue weighted by molar-refractivity contribution is 0.641. The molecular formula is C11H12ClNS2.